The summed E-state index contributed by atoms with van der Waals surface area (Å²) in [4.78, 5) is 69.8. The minimum Gasteiger partial charge on any atom is -0.354 e. The van der Waals surface area contributed by atoms with E-state index < -0.39 is 35.8 Å². The van der Waals surface area contributed by atoms with Gasteiger partial charge < -0.3 is 31.1 Å². The van der Waals surface area contributed by atoms with E-state index >= 15 is 0 Å². The van der Waals surface area contributed by atoms with Gasteiger partial charge >= 0.3 is 0 Å². The summed E-state index contributed by atoms with van der Waals surface area (Å²) in [5.74, 6) is -1.68. The SMILES string of the molecule is CC(C)C[C@@H]1NC(=O)[C@@H](Cc2ccccc2)NC(=O)c2ccc(cc2)CN(C(=O)CN(C)C)CCCCNC(=O)[C@@H](C)NC1=O. The van der Waals surface area contributed by atoms with Crippen LogP contribution in [-0.4, -0.2) is 91.2 Å². The molecule has 0 unspecified atom stereocenters. The number of likely N-dealkylation sites (N-methyl/N-ethyl adjacent to an activating group) is 1. The molecule has 2 heterocycles. The van der Waals surface area contributed by atoms with Crippen molar-refractivity contribution in [3.05, 3.63) is 71.3 Å². The molecule has 2 aliphatic heterocycles. The molecule has 244 valence electrons. The molecular weight excluding hydrogens is 572 g/mol. The lowest BCUT2D eigenvalue weighted by molar-refractivity contribution is -0.133. The van der Waals surface area contributed by atoms with E-state index in [2.05, 4.69) is 21.3 Å². The normalized spacial score (nSPS) is 21.0. The van der Waals surface area contributed by atoms with E-state index in [0.29, 0.717) is 44.5 Å². The lowest BCUT2D eigenvalue weighted by atomic mass is 10.0. The van der Waals surface area contributed by atoms with Crippen LogP contribution >= 0.6 is 0 Å². The van der Waals surface area contributed by atoms with Gasteiger partial charge in [0.25, 0.3) is 5.91 Å². The van der Waals surface area contributed by atoms with Crippen molar-refractivity contribution in [2.45, 2.75) is 71.1 Å². The highest BCUT2D eigenvalue weighted by Crippen LogP contribution is 2.12. The second kappa shape index (κ2) is 17.3. The second-order valence-corrected chi connectivity index (χ2v) is 12.4. The maximum absolute atomic E-state index is 13.7. The predicted octanol–water partition coefficient (Wildman–Crippen LogP) is 1.86. The number of rotatable bonds is 6. The molecule has 11 nitrogen and oxygen atoms in total. The molecule has 0 spiro atoms. The minimum absolute atomic E-state index is 0.0219. The van der Waals surface area contributed by atoms with Crippen LogP contribution in [0.15, 0.2) is 54.6 Å². The maximum Gasteiger partial charge on any atom is 0.251 e. The molecule has 0 saturated heterocycles. The number of nitrogens with zero attached hydrogens (tertiary/aromatic N) is 2. The summed E-state index contributed by atoms with van der Waals surface area (Å²) >= 11 is 0. The first kappa shape index (κ1) is 35.2. The van der Waals surface area contributed by atoms with E-state index in [1.165, 1.54) is 0 Å². The summed E-state index contributed by atoms with van der Waals surface area (Å²) in [6.07, 6.45) is 1.88. The van der Waals surface area contributed by atoms with Crippen molar-refractivity contribution in [3.63, 3.8) is 0 Å². The number of carbonyl (C=O) groups excluding carboxylic acids is 5. The summed E-state index contributed by atoms with van der Waals surface area (Å²) in [6, 6.07) is 13.6. The van der Waals surface area contributed by atoms with E-state index in [1.807, 2.05) is 75.3 Å². The summed E-state index contributed by atoms with van der Waals surface area (Å²) < 4.78 is 0. The topological polar surface area (TPSA) is 140 Å². The number of amides is 5. The van der Waals surface area contributed by atoms with Gasteiger partial charge in [-0.15, -0.1) is 0 Å². The number of benzene rings is 2. The number of hydrogen-bond donors (Lipinski definition) is 4. The Morgan fingerprint density at radius 1 is 0.867 bits per heavy atom. The van der Waals surface area contributed by atoms with Gasteiger partial charge in [0.1, 0.15) is 18.1 Å². The smallest absolute Gasteiger partial charge is 0.251 e. The fourth-order valence-corrected chi connectivity index (χ4v) is 5.09. The van der Waals surface area contributed by atoms with Crippen molar-refractivity contribution < 1.29 is 24.0 Å². The zero-order valence-corrected chi connectivity index (χ0v) is 27.1. The third-order valence-corrected chi connectivity index (χ3v) is 7.54. The van der Waals surface area contributed by atoms with Gasteiger partial charge in [-0.2, -0.15) is 0 Å². The van der Waals surface area contributed by atoms with Gasteiger partial charge in [-0.05, 0) is 69.5 Å². The van der Waals surface area contributed by atoms with Crippen molar-refractivity contribution >= 4 is 29.5 Å². The van der Waals surface area contributed by atoms with Crippen LogP contribution in [0.3, 0.4) is 0 Å². The van der Waals surface area contributed by atoms with Gasteiger partial charge in [0.05, 0.1) is 6.54 Å². The first-order chi connectivity index (χ1) is 21.4. The molecule has 2 aromatic carbocycles. The zero-order chi connectivity index (χ0) is 32.9. The molecule has 2 aromatic rings. The maximum atomic E-state index is 13.7. The number of fused-ring (bicyclic) bond motifs is 18. The Morgan fingerprint density at radius 3 is 2.18 bits per heavy atom. The Labute approximate surface area is 266 Å². The average Bonchev–Trinajstić information content (AvgIpc) is 2.99. The van der Waals surface area contributed by atoms with Crippen LogP contribution in [0, 0.1) is 5.92 Å². The molecule has 3 atom stereocenters. The Hall–Kier alpha value is -4.25. The van der Waals surface area contributed by atoms with Crippen LogP contribution in [0.2, 0.25) is 0 Å². The van der Waals surface area contributed by atoms with Crippen LogP contribution in [0.4, 0.5) is 0 Å². The third-order valence-electron chi connectivity index (χ3n) is 7.54. The number of hydrogen-bond acceptors (Lipinski definition) is 6. The highest BCUT2D eigenvalue weighted by atomic mass is 16.2. The average molecular weight is 621 g/mol. The predicted molar refractivity (Wildman–Crippen MR) is 173 cm³/mol. The lowest BCUT2D eigenvalue weighted by Crippen LogP contribution is -2.57. The van der Waals surface area contributed by atoms with Gasteiger partial charge in [-0.3, -0.25) is 24.0 Å². The molecule has 45 heavy (non-hydrogen) atoms. The Morgan fingerprint density at radius 2 is 1.53 bits per heavy atom. The van der Waals surface area contributed by atoms with E-state index in [1.54, 1.807) is 24.0 Å². The first-order valence-corrected chi connectivity index (χ1v) is 15.7. The molecule has 0 aromatic heterocycles. The fourth-order valence-electron chi connectivity index (χ4n) is 5.09. The summed E-state index contributed by atoms with van der Waals surface area (Å²) in [6.45, 7) is 7.01. The van der Waals surface area contributed by atoms with Crippen LogP contribution in [0.1, 0.15) is 61.5 Å². The monoisotopic (exact) mass is 620 g/mol. The standard InChI is InChI=1S/C34H48N6O5/c1-23(2)19-28-33(44)36-24(3)31(42)35-17-9-10-18-40(30(41)22-39(4)5)21-26-13-15-27(16-14-26)32(43)37-29(34(45)38-28)20-25-11-7-6-8-12-25/h6-8,11-16,23-24,28-29H,9-10,17-22H2,1-5H3,(H,35,42)(H,36,44)(H,37,43)(H,38,45)/t24-,28+,29-/m1/s1. The molecule has 0 saturated carbocycles. The van der Waals surface area contributed by atoms with E-state index in [4.69, 9.17) is 0 Å². The van der Waals surface area contributed by atoms with Crippen molar-refractivity contribution in [3.8, 4) is 0 Å². The molecule has 2 bridgehead atoms. The molecule has 11 heteroatoms. The minimum atomic E-state index is -0.962. The summed E-state index contributed by atoms with van der Waals surface area (Å²) in [5.41, 5.74) is 2.08. The van der Waals surface area contributed by atoms with Crippen molar-refractivity contribution in [1.82, 2.24) is 31.1 Å². The molecule has 4 N–H and O–H groups in total. The molecule has 0 fully saturated rings. The van der Waals surface area contributed by atoms with Crippen LogP contribution in [0.5, 0.6) is 0 Å². The fraction of sp³-hybridized carbons (Fsp3) is 0.500. The Balaban J connectivity index is 1.91. The molecule has 0 aliphatic carbocycles. The number of nitrogens with one attached hydrogen (secondary N) is 4. The van der Waals surface area contributed by atoms with Crippen LogP contribution in [-0.2, 0) is 32.1 Å². The van der Waals surface area contributed by atoms with Gasteiger partial charge in [0, 0.05) is 31.6 Å². The highest BCUT2D eigenvalue weighted by molar-refractivity contribution is 5.99. The lowest BCUT2D eigenvalue weighted by Gasteiger charge is -2.25. The van der Waals surface area contributed by atoms with Gasteiger partial charge in [-0.25, -0.2) is 0 Å². The van der Waals surface area contributed by atoms with Gasteiger partial charge in [0.15, 0.2) is 0 Å². The second-order valence-electron chi connectivity index (χ2n) is 12.4. The number of carbonyl (C=O) groups is 5. The van der Waals surface area contributed by atoms with Crippen LogP contribution in [0.25, 0.3) is 0 Å². The summed E-state index contributed by atoms with van der Waals surface area (Å²) in [7, 11) is 3.68. The zero-order valence-electron chi connectivity index (χ0n) is 27.1. The molecular formula is C34H48N6O5. The van der Waals surface area contributed by atoms with Crippen LogP contribution < -0.4 is 21.3 Å². The van der Waals surface area contributed by atoms with Gasteiger partial charge in [-0.1, -0.05) is 56.3 Å². The largest absolute Gasteiger partial charge is 0.354 e. The molecule has 0 radical (unpaired) electrons. The summed E-state index contributed by atoms with van der Waals surface area (Å²) in [5, 5.41) is 11.3. The quantitative estimate of drug-likeness (QED) is 0.364. The van der Waals surface area contributed by atoms with Crippen molar-refractivity contribution in [1.29, 1.82) is 0 Å². The molecule has 4 rings (SSSR count). The van der Waals surface area contributed by atoms with E-state index in [0.717, 1.165) is 11.1 Å². The van der Waals surface area contributed by atoms with Crippen molar-refractivity contribution in [2.24, 2.45) is 5.92 Å². The first-order valence-electron chi connectivity index (χ1n) is 15.7. The Kier molecular flexibility index (Phi) is 13.5. The third kappa shape index (κ3) is 11.6. The van der Waals surface area contributed by atoms with E-state index in [9.17, 15) is 24.0 Å². The van der Waals surface area contributed by atoms with Crippen molar-refractivity contribution in [2.75, 3.05) is 33.7 Å². The van der Waals surface area contributed by atoms with E-state index in [-0.39, 0.29) is 30.7 Å². The van der Waals surface area contributed by atoms with Gasteiger partial charge in [0.2, 0.25) is 23.6 Å². The highest BCUT2D eigenvalue weighted by Gasteiger charge is 2.29. The molecule has 2 aliphatic rings. The molecule has 5 amide bonds. The Bertz CT molecular complexity index is 1300.